The lowest BCUT2D eigenvalue weighted by Crippen LogP contribution is -2.33. The van der Waals surface area contributed by atoms with Crippen LogP contribution in [-0.2, 0) is 14.3 Å². The molecule has 0 spiro atoms. The fourth-order valence-corrected chi connectivity index (χ4v) is 5.49. The fraction of sp³-hybridized carbons (Fsp3) is 0.429. The van der Waals surface area contributed by atoms with E-state index < -0.39 is 5.79 Å². The Labute approximate surface area is 211 Å². The van der Waals surface area contributed by atoms with Crippen LogP contribution in [0.2, 0.25) is 0 Å². The summed E-state index contributed by atoms with van der Waals surface area (Å²) >= 11 is 0. The van der Waals surface area contributed by atoms with Gasteiger partial charge in [-0.2, -0.15) is 5.10 Å². The predicted octanol–water partition coefficient (Wildman–Crippen LogP) is 4.52. The first-order chi connectivity index (χ1) is 17.4. The summed E-state index contributed by atoms with van der Waals surface area (Å²) in [4.78, 5) is 12.4. The van der Waals surface area contributed by atoms with Gasteiger partial charge in [-0.1, -0.05) is 30.4 Å². The summed E-state index contributed by atoms with van der Waals surface area (Å²) in [6, 6.07) is 12.4. The maximum Gasteiger partial charge on any atom is 0.245 e. The highest BCUT2D eigenvalue weighted by molar-refractivity contribution is 6.00. The minimum Gasteiger partial charge on any atom is -0.493 e. The molecule has 0 bridgehead atoms. The van der Waals surface area contributed by atoms with Crippen molar-refractivity contribution in [2.75, 3.05) is 32.8 Å². The number of hydrogen-bond donors (Lipinski definition) is 2. The number of methoxy groups -OCH3 is 2. The molecule has 0 saturated carbocycles. The number of nitrogens with zero attached hydrogens (tertiary/aromatic N) is 1. The third-order valence-corrected chi connectivity index (χ3v) is 7.28. The maximum absolute atomic E-state index is 12.4. The highest BCUT2D eigenvalue weighted by Gasteiger charge is 2.39. The molecule has 2 N–H and O–H groups in total. The van der Waals surface area contributed by atoms with E-state index in [1.165, 1.54) is 5.56 Å². The van der Waals surface area contributed by atoms with Crippen molar-refractivity contribution >= 4 is 17.3 Å². The van der Waals surface area contributed by atoms with Crippen LogP contribution >= 0.6 is 0 Å². The van der Waals surface area contributed by atoms with Crippen LogP contribution in [0, 0.1) is 5.92 Å². The molecule has 2 aromatic carbocycles. The monoisotopic (exact) mass is 491 g/mol. The first kappa shape index (κ1) is 24.3. The van der Waals surface area contributed by atoms with Gasteiger partial charge in [-0.15, -0.1) is 0 Å². The lowest BCUT2D eigenvalue weighted by atomic mass is 9.76. The number of benzene rings is 2. The second-order valence-corrected chi connectivity index (χ2v) is 9.60. The van der Waals surface area contributed by atoms with E-state index in [0.29, 0.717) is 19.1 Å². The number of ether oxygens (including phenoxy) is 4. The largest absolute Gasteiger partial charge is 0.493 e. The molecule has 0 unspecified atom stereocenters. The molecule has 2 heterocycles. The summed E-state index contributed by atoms with van der Waals surface area (Å²) in [6.45, 7) is 4.66. The number of carbonyl (C=O) groups is 1. The summed E-state index contributed by atoms with van der Waals surface area (Å²) in [5.41, 5.74) is 7.75. The molecular weight excluding hydrogens is 458 g/mol. The number of anilines is 1. The Morgan fingerprint density at radius 1 is 1.17 bits per heavy atom. The van der Waals surface area contributed by atoms with Crippen molar-refractivity contribution in [1.82, 2.24) is 5.43 Å². The maximum atomic E-state index is 12.4. The van der Waals surface area contributed by atoms with Crippen molar-refractivity contribution in [1.29, 1.82) is 0 Å². The van der Waals surface area contributed by atoms with Crippen LogP contribution in [0.3, 0.4) is 0 Å². The zero-order chi connectivity index (χ0) is 25.3. The Morgan fingerprint density at radius 3 is 2.72 bits per heavy atom. The summed E-state index contributed by atoms with van der Waals surface area (Å²) in [6.07, 6.45) is 5.62. The molecule has 1 fully saturated rings. The van der Waals surface area contributed by atoms with Crippen molar-refractivity contribution < 1.29 is 23.7 Å². The number of hydrazone groups is 1. The van der Waals surface area contributed by atoms with Gasteiger partial charge in [0, 0.05) is 17.2 Å². The standard InChI is InChI=1S/C28H33N3O5/c1-17(30-31-25(32)16-28(2)35-13-14-36-28)18-11-12-23-22(15-18)19-7-5-8-20(19)26(29-23)21-9-6-10-24(33-3)27(21)34-4/h5-7,9-12,15,19-20,26,29H,8,13-14,16H2,1-4H3,(H,31,32)/b30-17-/t19-,20+,26-/m1/s1. The quantitative estimate of drug-likeness (QED) is 0.336. The van der Waals surface area contributed by atoms with Gasteiger partial charge in [0.15, 0.2) is 17.3 Å². The molecule has 1 aliphatic carbocycles. The Hall–Kier alpha value is -3.36. The number of hydrogen-bond acceptors (Lipinski definition) is 7. The minimum atomic E-state index is -0.878. The molecule has 8 nitrogen and oxygen atoms in total. The topological polar surface area (TPSA) is 90.4 Å². The zero-order valence-corrected chi connectivity index (χ0v) is 21.2. The molecule has 2 aliphatic heterocycles. The second kappa shape index (κ2) is 9.95. The zero-order valence-electron chi connectivity index (χ0n) is 21.2. The van der Waals surface area contributed by atoms with Gasteiger partial charge in [-0.05, 0) is 55.5 Å². The molecule has 1 amide bonds. The molecule has 190 valence electrons. The fourth-order valence-electron chi connectivity index (χ4n) is 5.49. The van der Waals surface area contributed by atoms with E-state index in [0.717, 1.165) is 40.4 Å². The van der Waals surface area contributed by atoms with Crippen LogP contribution in [-0.4, -0.2) is 44.8 Å². The van der Waals surface area contributed by atoms with Crippen LogP contribution in [0.5, 0.6) is 11.5 Å². The molecule has 8 heteroatoms. The predicted molar refractivity (Wildman–Crippen MR) is 138 cm³/mol. The van der Waals surface area contributed by atoms with Gasteiger partial charge >= 0.3 is 0 Å². The molecule has 36 heavy (non-hydrogen) atoms. The number of rotatable bonds is 7. The highest BCUT2D eigenvalue weighted by atomic mass is 16.7. The first-order valence-electron chi connectivity index (χ1n) is 12.3. The summed E-state index contributed by atoms with van der Waals surface area (Å²) in [5.74, 6) is 0.987. The van der Waals surface area contributed by atoms with Crippen molar-refractivity contribution in [3.8, 4) is 11.5 Å². The van der Waals surface area contributed by atoms with Crippen molar-refractivity contribution in [3.63, 3.8) is 0 Å². The third-order valence-electron chi connectivity index (χ3n) is 7.28. The highest BCUT2D eigenvalue weighted by Crippen LogP contribution is 2.52. The van der Waals surface area contributed by atoms with Gasteiger partial charge in [0.2, 0.25) is 5.91 Å². The molecule has 0 radical (unpaired) electrons. The summed E-state index contributed by atoms with van der Waals surface area (Å²) in [7, 11) is 3.35. The Bertz CT molecular complexity index is 1200. The second-order valence-electron chi connectivity index (χ2n) is 9.60. The Morgan fingerprint density at radius 2 is 1.97 bits per heavy atom. The van der Waals surface area contributed by atoms with E-state index in [9.17, 15) is 4.79 Å². The molecule has 3 atom stereocenters. The van der Waals surface area contributed by atoms with Crippen molar-refractivity contribution in [3.05, 3.63) is 65.2 Å². The summed E-state index contributed by atoms with van der Waals surface area (Å²) in [5, 5.41) is 8.10. The molecular formula is C28H33N3O5. The van der Waals surface area contributed by atoms with Crippen molar-refractivity contribution in [2.24, 2.45) is 11.0 Å². The minimum absolute atomic E-state index is 0.0869. The van der Waals surface area contributed by atoms with E-state index in [1.54, 1.807) is 21.1 Å². The van der Waals surface area contributed by atoms with Crippen LogP contribution in [0.15, 0.2) is 53.7 Å². The van der Waals surface area contributed by atoms with Gasteiger partial charge in [-0.3, -0.25) is 4.79 Å². The van der Waals surface area contributed by atoms with E-state index >= 15 is 0 Å². The number of para-hydroxylation sites is 1. The normalized spacial score (nSPS) is 24.0. The van der Waals surface area contributed by atoms with Gasteiger partial charge in [0.1, 0.15) is 0 Å². The van der Waals surface area contributed by atoms with Crippen LogP contribution in [0.4, 0.5) is 5.69 Å². The molecule has 2 aromatic rings. The molecule has 0 aromatic heterocycles. The van der Waals surface area contributed by atoms with Gasteiger partial charge in [0.25, 0.3) is 0 Å². The van der Waals surface area contributed by atoms with Crippen LogP contribution in [0.1, 0.15) is 55.3 Å². The van der Waals surface area contributed by atoms with Gasteiger partial charge < -0.3 is 24.3 Å². The van der Waals surface area contributed by atoms with E-state index in [1.807, 2.05) is 25.1 Å². The Kier molecular flexibility index (Phi) is 6.73. The lowest BCUT2D eigenvalue weighted by molar-refractivity contribution is -0.159. The number of fused-ring (bicyclic) bond motifs is 3. The number of carbonyl (C=O) groups excluding carboxylic acids is 1. The molecule has 3 aliphatic rings. The lowest BCUT2D eigenvalue weighted by Gasteiger charge is -2.38. The average molecular weight is 492 g/mol. The SMILES string of the molecule is COc1cccc([C@@H]2Nc3ccc(/C(C)=N\NC(=O)CC4(C)OCCO4)cc3[C@@H]3C=CC[C@@H]32)c1OC. The van der Waals surface area contributed by atoms with Crippen molar-refractivity contribution in [2.45, 2.75) is 44.4 Å². The molecule has 1 saturated heterocycles. The Balaban J connectivity index is 1.37. The van der Waals surface area contributed by atoms with Gasteiger partial charge in [-0.25, -0.2) is 5.43 Å². The van der Waals surface area contributed by atoms with E-state index in [4.69, 9.17) is 18.9 Å². The van der Waals surface area contributed by atoms with Crippen LogP contribution < -0.4 is 20.2 Å². The van der Waals surface area contributed by atoms with Gasteiger partial charge in [0.05, 0.1) is 45.6 Å². The molecule has 5 rings (SSSR count). The van der Waals surface area contributed by atoms with Crippen LogP contribution in [0.25, 0.3) is 0 Å². The smallest absolute Gasteiger partial charge is 0.245 e. The third kappa shape index (κ3) is 4.58. The van der Waals surface area contributed by atoms with E-state index in [-0.39, 0.29) is 24.3 Å². The van der Waals surface area contributed by atoms with E-state index in [2.05, 4.69) is 46.2 Å². The first-order valence-corrected chi connectivity index (χ1v) is 12.3. The number of allylic oxidation sites excluding steroid dienone is 2. The summed E-state index contributed by atoms with van der Waals surface area (Å²) < 4.78 is 22.3. The average Bonchev–Trinajstić information content (AvgIpc) is 3.55. The number of nitrogens with one attached hydrogen (secondary N) is 2. The number of amides is 1.